The summed E-state index contributed by atoms with van der Waals surface area (Å²) < 4.78 is 12.1. The molecule has 2 rings (SSSR count). The summed E-state index contributed by atoms with van der Waals surface area (Å²) in [6.07, 6.45) is 0.844. The molecule has 36 heavy (non-hydrogen) atoms. The molecule has 198 valence electrons. The molecular weight excluding hydrogens is 601 g/mol. The van der Waals surface area contributed by atoms with Crippen LogP contribution in [0.15, 0.2) is 23.3 Å². The lowest BCUT2D eigenvalue weighted by molar-refractivity contribution is -0.394. The molecule has 0 amide bonds. The van der Waals surface area contributed by atoms with Crippen molar-refractivity contribution in [1.29, 1.82) is 0 Å². The van der Waals surface area contributed by atoms with E-state index < -0.39 is 41.0 Å². The second-order valence-electron chi connectivity index (χ2n) is 10.0. The van der Waals surface area contributed by atoms with Crippen molar-refractivity contribution in [3.8, 4) is 0 Å². The number of nitro groups is 2. The number of azide groups is 1. The van der Waals surface area contributed by atoms with Gasteiger partial charge in [0.1, 0.15) is 6.61 Å². The van der Waals surface area contributed by atoms with Crippen LogP contribution in [0.5, 0.6) is 0 Å². The maximum atomic E-state index is 12.8. The number of carbonyl (C=O) groups excluding carboxylic acids is 1. The predicted octanol–water partition coefficient (Wildman–Crippen LogP) is 6.87. The molecule has 14 heteroatoms. The van der Waals surface area contributed by atoms with Crippen molar-refractivity contribution in [2.45, 2.75) is 86.6 Å². The zero-order chi connectivity index (χ0) is 27.4. The van der Waals surface area contributed by atoms with Crippen molar-refractivity contribution in [2.24, 2.45) is 5.11 Å². The highest BCUT2D eigenvalue weighted by molar-refractivity contribution is 14.1. The van der Waals surface area contributed by atoms with E-state index in [1.54, 1.807) is 0 Å². The smallest absolute Gasteiger partial charge is 0.338 e. The minimum absolute atomic E-state index is 0.201. The monoisotopic (exact) mass is 633 g/mol. The van der Waals surface area contributed by atoms with Crippen molar-refractivity contribution in [3.63, 3.8) is 0 Å². The number of alkyl halides is 1. The van der Waals surface area contributed by atoms with Crippen molar-refractivity contribution in [1.82, 2.24) is 0 Å². The van der Waals surface area contributed by atoms with Gasteiger partial charge >= 0.3 is 5.97 Å². The first kappa shape index (κ1) is 29.9. The van der Waals surface area contributed by atoms with Gasteiger partial charge in [-0.1, -0.05) is 69.2 Å². The highest BCUT2D eigenvalue weighted by Crippen LogP contribution is 2.48. The number of nitro benzene ring substituents is 2. The van der Waals surface area contributed by atoms with Gasteiger partial charge in [-0.05, 0) is 35.0 Å². The lowest BCUT2D eigenvalue weighted by atomic mass is 10.0. The van der Waals surface area contributed by atoms with E-state index in [4.69, 9.17) is 9.16 Å². The van der Waals surface area contributed by atoms with Crippen LogP contribution in [0.2, 0.25) is 16.6 Å². The van der Waals surface area contributed by atoms with Gasteiger partial charge in [-0.2, -0.15) is 0 Å². The summed E-state index contributed by atoms with van der Waals surface area (Å²) in [6.45, 7) is 12.8. The Morgan fingerprint density at radius 3 is 2.06 bits per heavy atom. The molecular formula is C22H32IN5O7Si. The van der Waals surface area contributed by atoms with E-state index in [1.165, 1.54) is 0 Å². The Bertz CT molecular complexity index is 1010. The highest BCUT2D eigenvalue weighted by Gasteiger charge is 2.54. The first-order valence-electron chi connectivity index (χ1n) is 11.7. The Morgan fingerprint density at radius 2 is 1.64 bits per heavy atom. The lowest BCUT2D eigenvalue weighted by Gasteiger charge is -2.45. The summed E-state index contributed by atoms with van der Waals surface area (Å²) in [7, 11) is -2.23. The maximum absolute atomic E-state index is 12.8. The van der Waals surface area contributed by atoms with E-state index in [0.717, 1.165) is 18.2 Å². The third-order valence-electron chi connectivity index (χ3n) is 7.02. The van der Waals surface area contributed by atoms with Crippen LogP contribution in [0.25, 0.3) is 10.4 Å². The number of hydrogen-bond donors (Lipinski definition) is 0. The average Bonchev–Trinajstić information content (AvgIpc) is 3.09. The molecule has 0 N–H and O–H groups in total. The van der Waals surface area contributed by atoms with Gasteiger partial charge in [-0.15, -0.1) is 0 Å². The first-order chi connectivity index (χ1) is 16.7. The second kappa shape index (κ2) is 11.8. The number of halogens is 1. The Labute approximate surface area is 224 Å². The maximum Gasteiger partial charge on any atom is 0.338 e. The number of ether oxygens (including phenoxy) is 1. The molecule has 1 aliphatic rings. The van der Waals surface area contributed by atoms with Crippen LogP contribution in [0, 0.1) is 20.2 Å². The number of hydrogen-bond acceptors (Lipinski definition) is 8. The molecule has 0 radical (unpaired) electrons. The Balaban J connectivity index is 2.31. The van der Waals surface area contributed by atoms with E-state index in [0.29, 0.717) is 29.5 Å². The van der Waals surface area contributed by atoms with Gasteiger partial charge in [-0.25, -0.2) is 4.79 Å². The number of esters is 1. The molecule has 0 unspecified atom stereocenters. The van der Waals surface area contributed by atoms with Gasteiger partial charge in [0, 0.05) is 17.0 Å². The summed E-state index contributed by atoms with van der Waals surface area (Å²) >= 11 is 2.19. The average molecular weight is 634 g/mol. The van der Waals surface area contributed by atoms with Gasteiger partial charge in [0.05, 0.1) is 37.0 Å². The van der Waals surface area contributed by atoms with E-state index in [2.05, 4.69) is 74.2 Å². The fourth-order valence-electron chi connectivity index (χ4n) is 5.38. The quantitative estimate of drug-likeness (QED) is 0.0295. The van der Waals surface area contributed by atoms with Crippen molar-refractivity contribution in [3.05, 3.63) is 54.4 Å². The summed E-state index contributed by atoms with van der Waals surface area (Å²) in [5, 5.41) is 26.3. The topological polar surface area (TPSA) is 171 Å². The summed E-state index contributed by atoms with van der Waals surface area (Å²) in [5.74, 6) is -0.974. The Kier molecular flexibility index (Phi) is 9.84. The molecule has 0 bridgehead atoms. The van der Waals surface area contributed by atoms with Gasteiger partial charge in [0.25, 0.3) is 11.4 Å². The molecule has 12 nitrogen and oxygen atoms in total. The Hall–Kier alpha value is -2.29. The van der Waals surface area contributed by atoms with E-state index in [1.807, 2.05) is 0 Å². The summed E-state index contributed by atoms with van der Waals surface area (Å²) in [5.41, 5.74) is 7.78. The molecule has 0 spiro atoms. The largest absolute Gasteiger partial charge is 0.461 e. The zero-order valence-electron chi connectivity index (χ0n) is 21.2. The third kappa shape index (κ3) is 5.98. The van der Waals surface area contributed by atoms with Gasteiger partial charge in [0.2, 0.25) is 8.32 Å². The molecule has 1 fully saturated rings. The fourth-order valence-corrected chi connectivity index (χ4v) is 12.4. The van der Waals surface area contributed by atoms with Gasteiger partial charge in [-0.3, -0.25) is 20.2 Å². The highest BCUT2D eigenvalue weighted by atomic mass is 127. The lowest BCUT2D eigenvalue weighted by Crippen LogP contribution is -2.52. The minimum Gasteiger partial charge on any atom is -0.461 e. The SMILES string of the molecule is CC(C)[Si](O[C@H]1CC[C@](COC(=O)c2cc([N+](=O)[O-])cc([N+](=O)[O-])c2)(N=[N+]=[N-])[C@H]1I)(C(C)C)C(C)C. The predicted molar refractivity (Wildman–Crippen MR) is 145 cm³/mol. The number of benzene rings is 1. The molecule has 0 aliphatic heterocycles. The number of nitrogens with zero attached hydrogens (tertiary/aromatic N) is 5. The minimum atomic E-state index is -2.23. The number of carbonyl (C=O) groups is 1. The number of non-ortho nitro benzene ring substituents is 2. The molecule has 0 saturated heterocycles. The van der Waals surface area contributed by atoms with Crippen molar-refractivity contribution >= 4 is 48.3 Å². The molecule has 1 aliphatic carbocycles. The third-order valence-corrected chi connectivity index (χ3v) is 15.1. The van der Waals surface area contributed by atoms with Crippen LogP contribution in [-0.2, 0) is 9.16 Å². The van der Waals surface area contributed by atoms with Crippen LogP contribution in [-0.4, -0.2) is 46.3 Å². The molecule has 0 aromatic heterocycles. The van der Waals surface area contributed by atoms with E-state index in [9.17, 15) is 30.6 Å². The van der Waals surface area contributed by atoms with E-state index in [-0.39, 0.29) is 22.2 Å². The first-order valence-corrected chi connectivity index (χ1v) is 15.1. The van der Waals surface area contributed by atoms with Crippen molar-refractivity contribution in [2.75, 3.05) is 6.61 Å². The van der Waals surface area contributed by atoms with Crippen molar-refractivity contribution < 1.29 is 23.8 Å². The second-order valence-corrected chi connectivity index (χ2v) is 16.8. The molecule has 1 aromatic rings. The van der Waals surface area contributed by atoms with Crippen LogP contribution < -0.4 is 0 Å². The van der Waals surface area contributed by atoms with Gasteiger partial charge in [0.15, 0.2) is 0 Å². The molecule has 1 saturated carbocycles. The number of rotatable bonds is 11. The normalized spacial score (nSPS) is 22.1. The fraction of sp³-hybridized carbons (Fsp3) is 0.682. The summed E-state index contributed by atoms with van der Waals surface area (Å²) in [4.78, 5) is 36.4. The van der Waals surface area contributed by atoms with Crippen LogP contribution in [0.3, 0.4) is 0 Å². The molecule has 1 aromatic carbocycles. The standard InChI is InChI=1S/C22H32IN5O7Si/c1-13(2)36(14(3)4,15(5)6)35-19-7-8-22(20(19)23,25-26-24)12-34-21(29)16-9-17(27(30)31)11-18(10-16)28(32)33/h9-11,13-15,19-20H,7-8,12H2,1-6H3/t19-,20-,22+/m0/s1. The summed E-state index contributed by atoms with van der Waals surface area (Å²) in [6, 6.07) is 2.61. The van der Waals surface area contributed by atoms with Gasteiger partial charge < -0.3 is 9.16 Å². The van der Waals surface area contributed by atoms with Crippen LogP contribution >= 0.6 is 22.6 Å². The molecule has 3 atom stereocenters. The zero-order valence-corrected chi connectivity index (χ0v) is 24.4. The van der Waals surface area contributed by atoms with Crippen LogP contribution in [0.1, 0.15) is 64.7 Å². The Morgan fingerprint density at radius 1 is 1.14 bits per heavy atom. The molecule has 0 heterocycles. The van der Waals surface area contributed by atoms with Crippen LogP contribution in [0.4, 0.5) is 11.4 Å². The van der Waals surface area contributed by atoms with E-state index >= 15 is 0 Å².